The summed E-state index contributed by atoms with van der Waals surface area (Å²) < 4.78 is 0. The van der Waals surface area contributed by atoms with Crippen LogP contribution in [0.4, 0.5) is 0 Å². The summed E-state index contributed by atoms with van der Waals surface area (Å²) in [7, 11) is 1.73. The van der Waals surface area contributed by atoms with E-state index in [1.807, 2.05) is 24.5 Å². The fourth-order valence-electron chi connectivity index (χ4n) is 1.99. The van der Waals surface area contributed by atoms with Gasteiger partial charge in [0.05, 0.1) is 11.0 Å². The normalized spacial score (nSPS) is 17.1. The summed E-state index contributed by atoms with van der Waals surface area (Å²) in [5.74, 6) is -0.0893. The quantitative estimate of drug-likeness (QED) is 0.753. The predicted octanol–water partition coefficient (Wildman–Crippen LogP) is 2.16. The van der Waals surface area contributed by atoms with Crippen molar-refractivity contribution in [2.45, 2.75) is 0 Å². The average molecular weight is 284 g/mol. The standard InChI is InChI=1S/C14H12N4OS/c1-18-13(19)12(17-14(18)20-2)8-9-3-4-10-11(7-9)16-6-5-15-10/h3-8H,1-2H3/b12-8-. The summed E-state index contributed by atoms with van der Waals surface area (Å²) in [6.45, 7) is 0. The van der Waals surface area contributed by atoms with Crippen molar-refractivity contribution in [3.05, 3.63) is 41.9 Å². The molecule has 0 aliphatic carbocycles. The van der Waals surface area contributed by atoms with Gasteiger partial charge < -0.3 is 0 Å². The van der Waals surface area contributed by atoms with E-state index in [1.54, 1.807) is 30.4 Å². The molecule has 3 rings (SSSR count). The lowest BCUT2D eigenvalue weighted by molar-refractivity contribution is -0.121. The molecule has 2 aromatic rings. The molecular formula is C14H12N4OS. The first-order chi connectivity index (χ1) is 9.69. The van der Waals surface area contributed by atoms with Crippen molar-refractivity contribution in [1.82, 2.24) is 14.9 Å². The van der Waals surface area contributed by atoms with E-state index >= 15 is 0 Å². The number of aromatic nitrogens is 2. The highest BCUT2D eigenvalue weighted by Gasteiger charge is 2.25. The SMILES string of the molecule is CSC1=N/C(=C\c2ccc3nccnc3c2)C(=O)N1C. The highest BCUT2D eigenvalue weighted by Crippen LogP contribution is 2.22. The second-order valence-electron chi connectivity index (χ2n) is 4.30. The molecule has 1 aliphatic heterocycles. The van der Waals surface area contributed by atoms with E-state index in [-0.39, 0.29) is 5.91 Å². The fraction of sp³-hybridized carbons (Fsp3) is 0.143. The summed E-state index contributed by atoms with van der Waals surface area (Å²) in [6, 6.07) is 5.69. The number of carbonyl (C=O) groups excluding carboxylic acids is 1. The smallest absolute Gasteiger partial charge is 0.278 e. The molecule has 0 unspecified atom stereocenters. The Bertz CT molecular complexity index is 754. The maximum atomic E-state index is 12.0. The van der Waals surface area contributed by atoms with Crippen LogP contribution in [0.15, 0.2) is 41.3 Å². The number of thioether (sulfide) groups is 1. The number of hydrogen-bond donors (Lipinski definition) is 0. The molecule has 1 amide bonds. The van der Waals surface area contributed by atoms with E-state index in [0.29, 0.717) is 10.9 Å². The minimum absolute atomic E-state index is 0.0893. The van der Waals surface area contributed by atoms with Crippen LogP contribution < -0.4 is 0 Å². The van der Waals surface area contributed by atoms with Crippen LogP contribution in [0.1, 0.15) is 5.56 Å². The van der Waals surface area contributed by atoms with Gasteiger partial charge in [0.15, 0.2) is 5.17 Å². The molecule has 1 aromatic heterocycles. The lowest BCUT2D eigenvalue weighted by atomic mass is 10.1. The van der Waals surface area contributed by atoms with Crippen molar-refractivity contribution in [2.24, 2.45) is 4.99 Å². The van der Waals surface area contributed by atoms with E-state index in [1.165, 1.54) is 11.8 Å². The first-order valence-electron chi connectivity index (χ1n) is 6.02. The van der Waals surface area contributed by atoms with Crippen LogP contribution in [0.5, 0.6) is 0 Å². The number of fused-ring (bicyclic) bond motifs is 1. The zero-order valence-electron chi connectivity index (χ0n) is 11.1. The predicted molar refractivity (Wildman–Crippen MR) is 81.2 cm³/mol. The third kappa shape index (κ3) is 2.18. The lowest BCUT2D eigenvalue weighted by Crippen LogP contribution is -2.25. The van der Waals surface area contributed by atoms with Crippen LogP contribution in [0, 0.1) is 0 Å². The van der Waals surface area contributed by atoms with Gasteiger partial charge in [-0.05, 0) is 30.0 Å². The van der Waals surface area contributed by atoms with Gasteiger partial charge in [0.1, 0.15) is 5.70 Å². The topological polar surface area (TPSA) is 58.5 Å². The molecule has 2 heterocycles. The van der Waals surface area contributed by atoms with Crippen molar-refractivity contribution in [3.63, 3.8) is 0 Å². The molecule has 0 saturated carbocycles. The van der Waals surface area contributed by atoms with Gasteiger partial charge in [-0.25, -0.2) is 4.99 Å². The molecule has 0 radical (unpaired) electrons. The van der Waals surface area contributed by atoms with Gasteiger partial charge >= 0.3 is 0 Å². The van der Waals surface area contributed by atoms with Gasteiger partial charge in [0.25, 0.3) is 5.91 Å². The number of hydrogen-bond acceptors (Lipinski definition) is 5. The first kappa shape index (κ1) is 12.8. The monoisotopic (exact) mass is 284 g/mol. The van der Waals surface area contributed by atoms with Crippen LogP contribution in [0.25, 0.3) is 17.1 Å². The Morgan fingerprint density at radius 2 is 1.95 bits per heavy atom. The number of likely N-dealkylation sites (N-methyl/N-ethyl adjacent to an activating group) is 1. The summed E-state index contributed by atoms with van der Waals surface area (Å²) in [6.07, 6.45) is 6.98. The van der Waals surface area contributed by atoms with Crippen LogP contribution >= 0.6 is 11.8 Å². The summed E-state index contributed by atoms with van der Waals surface area (Å²) in [5, 5.41) is 0.710. The molecule has 6 heteroatoms. The van der Waals surface area contributed by atoms with Crippen LogP contribution in [-0.2, 0) is 4.79 Å². The Morgan fingerprint density at radius 1 is 1.20 bits per heavy atom. The zero-order chi connectivity index (χ0) is 14.1. The molecule has 1 aromatic carbocycles. The van der Waals surface area contributed by atoms with E-state index in [0.717, 1.165) is 16.6 Å². The van der Waals surface area contributed by atoms with Gasteiger partial charge in [0, 0.05) is 19.4 Å². The molecule has 0 fully saturated rings. The van der Waals surface area contributed by atoms with Crippen LogP contribution in [-0.4, -0.2) is 39.2 Å². The number of carbonyl (C=O) groups is 1. The second kappa shape index (κ2) is 5.05. The Labute approximate surface area is 120 Å². The van der Waals surface area contributed by atoms with E-state index in [9.17, 15) is 4.79 Å². The molecule has 0 spiro atoms. The maximum absolute atomic E-state index is 12.0. The number of nitrogens with zero attached hydrogens (tertiary/aromatic N) is 4. The van der Waals surface area contributed by atoms with Crippen LogP contribution in [0.3, 0.4) is 0 Å². The van der Waals surface area contributed by atoms with E-state index in [2.05, 4.69) is 15.0 Å². The molecule has 1 aliphatic rings. The minimum Gasteiger partial charge on any atom is -0.289 e. The largest absolute Gasteiger partial charge is 0.289 e. The van der Waals surface area contributed by atoms with Gasteiger partial charge in [-0.1, -0.05) is 17.8 Å². The molecular weight excluding hydrogens is 272 g/mol. The average Bonchev–Trinajstić information content (AvgIpc) is 2.75. The molecule has 100 valence electrons. The molecule has 0 saturated heterocycles. The van der Waals surface area contributed by atoms with E-state index < -0.39 is 0 Å². The van der Waals surface area contributed by atoms with Crippen molar-refractivity contribution in [3.8, 4) is 0 Å². The maximum Gasteiger partial charge on any atom is 0.278 e. The minimum atomic E-state index is -0.0893. The van der Waals surface area contributed by atoms with Crippen molar-refractivity contribution < 1.29 is 4.79 Å². The van der Waals surface area contributed by atoms with Gasteiger partial charge in [-0.3, -0.25) is 19.7 Å². The third-order valence-electron chi connectivity index (χ3n) is 3.01. The molecule has 0 bridgehead atoms. The Hall–Kier alpha value is -2.21. The zero-order valence-corrected chi connectivity index (χ0v) is 11.9. The number of rotatable bonds is 1. The van der Waals surface area contributed by atoms with Crippen molar-refractivity contribution in [2.75, 3.05) is 13.3 Å². The van der Waals surface area contributed by atoms with Crippen molar-refractivity contribution >= 4 is 39.9 Å². The Kier molecular flexibility index (Phi) is 3.23. The Balaban J connectivity index is 2.02. The van der Waals surface area contributed by atoms with Gasteiger partial charge in [0.2, 0.25) is 0 Å². The highest BCUT2D eigenvalue weighted by molar-refractivity contribution is 8.13. The van der Waals surface area contributed by atoms with E-state index in [4.69, 9.17) is 0 Å². The number of amides is 1. The van der Waals surface area contributed by atoms with Gasteiger partial charge in [-0.15, -0.1) is 0 Å². The summed E-state index contributed by atoms with van der Waals surface area (Å²) in [5.41, 5.74) is 2.97. The number of aliphatic imine (C=N–C) groups is 1. The van der Waals surface area contributed by atoms with Crippen molar-refractivity contribution in [1.29, 1.82) is 0 Å². The third-order valence-corrected chi connectivity index (χ3v) is 3.74. The second-order valence-corrected chi connectivity index (χ2v) is 5.07. The van der Waals surface area contributed by atoms with Crippen LogP contribution in [0.2, 0.25) is 0 Å². The summed E-state index contributed by atoms with van der Waals surface area (Å²) >= 11 is 1.45. The molecule has 0 atom stereocenters. The molecule has 0 N–H and O–H groups in total. The molecule has 20 heavy (non-hydrogen) atoms. The summed E-state index contributed by atoms with van der Waals surface area (Å²) in [4.78, 5) is 26.4. The fourth-order valence-corrected chi connectivity index (χ4v) is 2.54. The molecule has 5 nitrogen and oxygen atoms in total. The lowest BCUT2D eigenvalue weighted by Gasteiger charge is -2.07. The first-order valence-corrected chi connectivity index (χ1v) is 7.25. The van der Waals surface area contributed by atoms with Gasteiger partial charge in [-0.2, -0.15) is 0 Å². The highest BCUT2D eigenvalue weighted by atomic mass is 32.2. The number of benzene rings is 1. The number of amidine groups is 1. The Morgan fingerprint density at radius 3 is 2.65 bits per heavy atom.